The first-order chi connectivity index (χ1) is 10.5. The number of hydrogen-bond donors (Lipinski definition) is 0. The quantitative estimate of drug-likeness (QED) is 0.488. The molecular weight excluding hydrogens is 280 g/mol. The number of hydrogen-bond acceptors (Lipinski definition) is 4. The fourth-order valence-corrected chi connectivity index (χ4v) is 4.19. The first kappa shape index (κ1) is 13.7. The van der Waals surface area contributed by atoms with Crippen LogP contribution in [-0.2, 0) is 19.1 Å². The van der Waals surface area contributed by atoms with Crippen molar-refractivity contribution in [2.75, 3.05) is 0 Å². The highest BCUT2D eigenvalue weighted by Crippen LogP contribution is 2.68. The first-order valence-corrected chi connectivity index (χ1v) is 7.62. The van der Waals surface area contributed by atoms with Crippen molar-refractivity contribution in [1.82, 2.24) is 0 Å². The molecule has 1 aromatic rings. The molecule has 5 atom stereocenters. The van der Waals surface area contributed by atoms with Gasteiger partial charge in [0, 0.05) is 18.4 Å². The number of esters is 1. The summed E-state index contributed by atoms with van der Waals surface area (Å²) in [6.07, 6.45) is 3.61. The monoisotopic (exact) mass is 298 g/mol. The van der Waals surface area contributed by atoms with Crippen molar-refractivity contribution in [3.8, 4) is 0 Å². The molecule has 2 aliphatic carbocycles. The van der Waals surface area contributed by atoms with Gasteiger partial charge in [0.05, 0.1) is 11.5 Å². The summed E-state index contributed by atoms with van der Waals surface area (Å²) in [6, 6.07) is 9.57. The third-order valence-electron chi connectivity index (χ3n) is 5.74. The van der Waals surface area contributed by atoms with Crippen LogP contribution in [0.25, 0.3) is 6.08 Å². The van der Waals surface area contributed by atoms with Crippen LogP contribution in [0.1, 0.15) is 25.8 Å². The summed E-state index contributed by atoms with van der Waals surface area (Å²) in [5.41, 5.74) is -0.513. The molecule has 2 bridgehead atoms. The second-order valence-electron chi connectivity index (χ2n) is 6.73. The number of rotatable bonds is 3. The Morgan fingerprint density at radius 2 is 2.05 bits per heavy atom. The van der Waals surface area contributed by atoms with Crippen molar-refractivity contribution in [1.29, 1.82) is 0 Å². The van der Waals surface area contributed by atoms with Gasteiger partial charge in [-0.3, -0.25) is 4.79 Å². The standard InChI is InChI=1S/C18H18O4/c1-17-13(19)10-12(15-16(17)21-15)18(17,2)22-14(20)9-8-11-6-4-3-5-7-11/h3-9,12,15-16H,10H2,1-2H3/b9-8+. The number of ether oxygens (including phenoxy) is 2. The van der Waals surface area contributed by atoms with Crippen molar-refractivity contribution in [3.05, 3.63) is 42.0 Å². The molecule has 1 heterocycles. The summed E-state index contributed by atoms with van der Waals surface area (Å²) in [4.78, 5) is 24.5. The Labute approximate surface area is 129 Å². The van der Waals surface area contributed by atoms with Gasteiger partial charge in [0.1, 0.15) is 17.5 Å². The summed E-state index contributed by atoms with van der Waals surface area (Å²) in [6.45, 7) is 3.76. The summed E-state index contributed by atoms with van der Waals surface area (Å²) in [5.74, 6) is -0.263. The molecule has 4 nitrogen and oxygen atoms in total. The van der Waals surface area contributed by atoms with Gasteiger partial charge in [-0.1, -0.05) is 30.3 Å². The van der Waals surface area contributed by atoms with Gasteiger partial charge >= 0.3 is 5.97 Å². The summed E-state index contributed by atoms with van der Waals surface area (Å²) >= 11 is 0. The molecule has 2 saturated carbocycles. The average Bonchev–Trinajstić information content (AvgIpc) is 3.24. The predicted octanol–water partition coefficient (Wildman–Crippen LogP) is 2.38. The minimum absolute atomic E-state index is 0.0101. The zero-order valence-corrected chi connectivity index (χ0v) is 12.6. The highest BCUT2D eigenvalue weighted by atomic mass is 16.6. The van der Waals surface area contributed by atoms with E-state index < -0.39 is 17.0 Å². The van der Waals surface area contributed by atoms with E-state index in [-0.39, 0.29) is 23.9 Å². The Morgan fingerprint density at radius 3 is 2.73 bits per heavy atom. The lowest BCUT2D eigenvalue weighted by Crippen LogP contribution is -2.49. The van der Waals surface area contributed by atoms with Crippen LogP contribution in [0.5, 0.6) is 0 Å². The number of benzene rings is 1. The van der Waals surface area contributed by atoms with E-state index >= 15 is 0 Å². The Balaban J connectivity index is 1.53. The summed E-state index contributed by atoms with van der Waals surface area (Å²) in [5, 5.41) is 0. The smallest absolute Gasteiger partial charge is 0.331 e. The minimum atomic E-state index is -0.754. The SMILES string of the molecule is CC1(OC(=O)/C=C/c2ccccc2)C2CC(=O)C1(C)C1OC21. The van der Waals surface area contributed by atoms with Crippen LogP contribution in [0.3, 0.4) is 0 Å². The largest absolute Gasteiger partial charge is 0.455 e. The van der Waals surface area contributed by atoms with Gasteiger partial charge in [-0.05, 0) is 25.5 Å². The second-order valence-corrected chi connectivity index (χ2v) is 6.73. The molecule has 4 rings (SSSR count). The van der Waals surface area contributed by atoms with Crippen LogP contribution in [0.15, 0.2) is 36.4 Å². The molecule has 0 amide bonds. The van der Waals surface area contributed by atoms with Crippen molar-refractivity contribution >= 4 is 17.8 Å². The summed E-state index contributed by atoms with van der Waals surface area (Å²) in [7, 11) is 0. The number of carbonyl (C=O) groups excluding carboxylic acids is 2. The molecule has 3 fully saturated rings. The molecule has 4 heteroatoms. The molecule has 1 saturated heterocycles. The molecule has 0 spiro atoms. The van der Waals surface area contributed by atoms with Crippen molar-refractivity contribution in [3.63, 3.8) is 0 Å². The number of Topliss-reactive ketones (excluding diaryl/α,β-unsaturated/α-hetero) is 1. The molecule has 0 radical (unpaired) electrons. The number of carbonyl (C=O) groups is 2. The Kier molecular flexibility index (Phi) is 2.67. The maximum absolute atomic E-state index is 12.3. The molecule has 22 heavy (non-hydrogen) atoms. The number of ketones is 1. The molecule has 0 N–H and O–H groups in total. The van der Waals surface area contributed by atoms with E-state index in [0.717, 1.165) is 5.56 Å². The zero-order chi connectivity index (χ0) is 15.5. The van der Waals surface area contributed by atoms with Gasteiger partial charge in [-0.15, -0.1) is 0 Å². The predicted molar refractivity (Wildman–Crippen MR) is 79.9 cm³/mol. The van der Waals surface area contributed by atoms with Gasteiger partial charge in [-0.25, -0.2) is 4.79 Å². The first-order valence-electron chi connectivity index (χ1n) is 7.62. The number of epoxide rings is 1. The van der Waals surface area contributed by atoms with E-state index in [1.807, 2.05) is 44.2 Å². The van der Waals surface area contributed by atoms with Gasteiger partial charge in [0.2, 0.25) is 0 Å². The third kappa shape index (κ3) is 1.61. The van der Waals surface area contributed by atoms with E-state index in [4.69, 9.17) is 9.47 Å². The van der Waals surface area contributed by atoms with Crippen molar-refractivity contribution in [2.24, 2.45) is 11.3 Å². The Hall–Kier alpha value is -1.94. The zero-order valence-electron chi connectivity index (χ0n) is 12.6. The fraction of sp³-hybridized carbons (Fsp3) is 0.444. The third-order valence-corrected chi connectivity index (χ3v) is 5.74. The Morgan fingerprint density at radius 1 is 1.32 bits per heavy atom. The van der Waals surface area contributed by atoms with Crippen LogP contribution in [-0.4, -0.2) is 29.6 Å². The molecular formula is C18H18O4. The Bertz CT molecular complexity index is 680. The second kappa shape index (κ2) is 4.29. The van der Waals surface area contributed by atoms with Crippen LogP contribution in [0.2, 0.25) is 0 Å². The lowest BCUT2D eigenvalue weighted by Gasteiger charge is -2.37. The molecule has 1 aromatic carbocycles. The maximum Gasteiger partial charge on any atom is 0.331 e. The normalized spacial score (nSPS) is 41.7. The average molecular weight is 298 g/mol. The topological polar surface area (TPSA) is 55.9 Å². The van der Waals surface area contributed by atoms with Gasteiger partial charge in [0.15, 0.2) is 0 Å². The van der Waals surface area contributed by atoms with Gasteiger partial charge in [0.25, 0.3) is 0 Å². The van der Waals surface area contributed by atoms with Crippen LogP contribution >= 0.6 is 0 Å². The molecule has 3 aliphatic rings. The minimum Gasteiger partial charge on any atom is -0.455 e. The van der Waals surface area contributed by atoms with Gasteiger partial charge < -0.3 is 9.47 Å². The van der Waals surface area contributed by atoms with Crippen LogP contribution in [0.4, 0.5) is 0 Å². The highest BCUT2D eigenvalue weighted by Gasteiger charge is 2.82. The van der Waals surface area contributed by atoms with E-state index in [0.29, 0.717) is 6.42 Å². The van der Waals surface area contributed by atoms with E-state index in [1.54, 1.807) is 6.08 Å². The highest BCUT2D eigenvalue weighted by molar-refractivity contribution is 5.94. The molecule has 0 aromatic heterocycles. The van der Waals surface area contributed by atoms with E-state index in [1.165, 1.54) is 6.08 Å². The summed E-state index contributed by atoms with van der Waals surface area (Å²) < 4.78 is 11.3. The molecule has 1 aliphatic heterocycles. The van der Waals surface area contributed by atoms with Crippen LogP contribution in [0, 0.1) is 11.3 Å². The van der Waals surface area contributed by atoms with E-state index in [9.17, 15) is 9.59 Å². The van der Waals surface area contributed by atoms with Crippen LogP contribution < -0.4 is 0 Å². The van der Waals surface area contributed by atoms with E-state index in [2.05, 4.69) is 0 Å². The van der Waals surface area contributed by atoms with Crippen molar-refractivity contribution < 1.29 is 19.1 Å². The molecule has 5 unspecified atom stereocenters. The number of fused-ring (bicyclic) bond motifs is 5. The lowest BCUT2D eigenvalue weighted by molar-refractivity contribution is -0.171. The maximum atomic E-state index is 12.3. The molecule has 114 valence electrons. The lowest BCUT2D eigenvalue weighted by atomic mass is 9.77. The fourth-order valence-electron chi connectivity index (χ4n) is 4.19. The van der Waals surface area contributed by atoms with Gasteiger partial charge in [-0.2, -0.15) is 0 Å². The van der Waals surface area contributed by atoms with Crippen molar-refractivity contribution in [2.45, 2.75) is 38.1 Å².